The van der Waals surface area contributed by atoms with Gasteiger partial charge in [-0.1, -0.05) is 46.1 Å². The van der Waals surface area contributed by atoms with Gasteiger partial charge in [-0.05, 0) is 30.5 Å². The Bertz CT molecular complexity index is 370. The molecular weight excluding hydrogens is 287 g/mol. The monoisotopic (exact) mass is 300 g/mol. The number of hydrogen-bond acceptors (Lipinski definition) is 1. The van der Waals surface area contributed by atoms with Crippen molar-refractivity contribution in [2.75, 3.05) is 5.33 Å². The second-order valence-electron chi connectivity index (χ2n) is 4.41. The third kappa shape index (κ3) is 1.93. The topological polar surface area (TPSA) is 17.1 Å². The maximum absolute atomic E-state index is 11.2. The van der Waals surface area contributed by atoms with Crippen molar-refractivity contribution in [1.29, 1.82) is 0 Å². The molecule has 1 aliphatic carbocycles. The number of carbonyl (C=O) groups is 1. The highest BCUT2D eigenvalue weighted by Crippen LogP contribution is 2.49. The predicted molar refractivity (Wildman–Crippen MR) is 70.3 cm³/mol. The van der Waals surface area contributed by atoms with E-state index < -0.39 is 0 Å². The van der Waals surface area contributed by atoms with E-state index in [9.17, 15) is 4.79 Å². The van der Waals surface area contributed by atoms with Gasteiger partial charge in [0.05, 0.1) is 0 Å². The summed E-state index contributed by atoms with van der Waals surface area (Å²) in [6, 6.07) is 7.93. The van der Waals surface area contributed by atoms with E-state index in [1.807, 2.05) is 12.1 Å². The summed E-state index contributed by atoms with van der Waals surface area (Å²) in [4.78, 5) is 11.2. The number of aldehydes is 1. The van der Waals surface area contributed by atoms with E-state index in [-0.39, 0.29) is 11.3 Å². The first-order chi connectivity index (χ1) is 7.73. The van der Waals surface area contributed by atoms with Crippen LogP contribution in [0.1, 0.15) is 24.8 Å². The van der Waals surface area contributed by atoms with Crippen LogP contribution in [0.5, 0.6) is 0 Å². The van der Waals surface area contributed by atoms with Crippen molar-refractivity contribution >= 4 is 33.8 Å². The fraction of sp³-hybridized carbons (Fsp3) is 0.462. The van der Waals surface area contributed by atoms with Crippen LogP contribution in [0.15, 0.2) is 24.3 Å². The predicted octanol–water partition coefficient (Wildman–Crippen LogP) is 3.97. The number of halogens is 2. The molecule has 0 radical (unpaired) electrons. The van der Waals surface area contributed by atoms with Gasteiger partial charge in [0.1, 0.15) is 6.29 Å². The lowest BCUT2D eigenvalue weighted by Gasteiger charge is -2.46. The second kappa shape index (κ2) is 4.89. The molecule has 1 fully saturated rings. The molecule has 1 saturated carbocycles. The van der Waals surface area contributed by atoms with E-state index in [1.54, 1.807) is 0 Å². The summed E-state index contributed by atoms with van der Waals surface area (Å²) in [6.07, 6.45) is 4.50. The Morgan fingerprint density at radius 2 is 2.00 bits per heavy atom. The smallest absolute Gasteiger partial charge is 0.124 e. The Balaban J connectivity index is 2.34. The summed E-state index contributed by atoms with van der Waals surface area (Å²) in [5, 5.41) is 1.48. The highest BCUT2D eigenvalue weighted by atomic mass is 79.9. The average Bonchev–Trinajstić information content (AvgIpc) is 2.25. The lowest BCUT2D eigenvalue weighted by Crippen LogP contribution is -2.43. The fourth-order valence-electron chi connectivity index (χ4n) is 2.53. The molecule has 16 heavy (non-hydrogen) atoms. The zero-order chi connectivity index (χ0) is 11.6. The number of benzene rings is 1. The summed E-state index contributed by atoms with van der Waals surface area (Å²) in [5.41, 5.74) is 1.30. The van der Waals surface area contributed by atoms with Crippen LogP contribution in [0, 0.1) is 5.92 Å². The van der Waals surface area contributed by atoms with Crippen LogP contribution in [0.4, 0.5) is 0 Å². The molecule has 1 aromatic carbocycles. The number of hydrogen-bond donors (Lipinski definition) is 0. The number of alkyl halides is 1. The van der Waals surface area contributed by atoms with Crippen molar-refractivity contribution in [3.8, 4) is 0 Å². The minimum atomic E-state index is 0.0514. The molecule has 1 unspecified atom stereocenters. The fourth-order valence-corrected chi connectivity index (χ4v) is 3.43. The first kappa shape index (κ1) is 12.1. The van der Waals surface area contributed by atoms with Crippen molar-refractivity contribution < 1.29 is 4.79 Å². The normalized spacial score (nSPS) is 19.9. The van der Waals surface area contributed by atoms with Gasteiger partial charge in [0, 0.05) is 21.7 Å². The molecule has 0 N–H and O–H groups in total. The van der Waals surface area contributed by atoms with Gasteiger partial charge in [0.25, 0.3) is 0 Å². The molecule has 3 heteroatoms. The summed E-state index contributed by atoms with van der Waals surface area (Å²) in [7, 11) is 0. The van der Waals surface area contributed by atoms with Gasteiger partial charge in [-0.2, -0.15) is 0 Å². The molecular formula is C13H14BrClO. The van der Waals surface area contributed by atoms with Crippen LogP contribution in [0.3, 0.4) is 0 Å². The van der Waals surface area contributed by atoms with Gasteiger partial charge in [0.15, 0.2) is 0 Å². The molecule has 0 aromatic heterocycles. The zero-order valence-electron chi connectivity index (χ0n) is 8.96. The maximum atomic E-state index is 11.2. The van der Waals surface area contributed by atoms with Gasteiger partial charge in [-0.25, -0.2) is 0 Å². The molecule has 2 rings (SSSR count). The minimum Gasteiger partial charge on any atom is -0.303 e. The minimum absolute atomic E-state index is 0.0514. The molecule has 1 aliphatic rings. The Morgan fingerprint density at radius 3 is 2.38 bits per heavy atom. The maximum Gasteiger partial charge on any atom is 0.124 e. The van der Waals surface area contributed by atoms with Crippen LogP contribution < -0.4 is 0 Å². The molecule has 0 amide bonds. The first-order valence-electron chi connectivity index (χ1n) is 5.50. The quantitative estimate of drug-likeness (QED) is 0.607. The van der Waals surface area contributed by atoms with Crippen LogP contribution >= 0.6 is 27.5 Å². The molecule has 0 aliphatic heterocycles. The highest BCUT2D eigenvalue weighted by Gasteiger charge is 2.44. The standard InChI is InChI=1S/C13H14BrClO/c14-8-11(9-16)13(6-1-7-13)10-2-4-12(15)5-3-10/h2-5,9,11H,1,6-8H2. The second-order valence-corrected chi connectivity index (χ2v) is 5.50. The molecule has 1 nitrogen and oxygen atoms in total. The summed E-state index contributed by atoms with van der Waals surface area (Å²) >= 11 is 9.33. The average molecular weight is 302 g/mol. The van der Waals surface area contributed by atoms with E-state index in [2.05, 4.69) is 28.1 Å². The van der Waals surface area contributed by atoms with Crippen LogP contribution in [-0.4, -0.2) is 11.6 Å². The van der Waals surface area contributed by atoms with Crippen molar-refractivity contribution in [3.05, 3.63) is 34.9 Å². The van der Waals surface area contributed by atoms with Gasteiger partial charge in [0.2, 0.25) is 0 Å². The van der Waals surface area contributed by atoms with E-state index in [0.29, 0.717) is 0 Å². The van der Waals surface area contributed by atoms with Gasteiger partial charge < -0.3 is 4.79 Å². The zero-order valence-corrected chi connectivity index (χ0v) is 11.3. The van der Waals surface area contributed by atoms with Crippen molar-refractivity contribution in [2.24, 2.45) is 5.92 Å². The summed E-state index contributed by atoms with van der Waals surface area (Å²) < 4.78 is 0. The Hall–Kier alpha value is -0.340. The molecule has 1 aromatic rings. The van der Waals surface area contributed by atoms with Crippen molar-refractivity contribution in [2.45, 2.75) is 24.7 Å². The number of carbonyl (C=O) groups excluding carboxylic acids is 1. The van der Waals surface area contributed by atoms with E-state index in [1.165, 1.54) is 12.0 Å². The molecule has 0 heterocycles. The number of rotatable bonds is 4. The largest absolute Gasteiger partial charge is 0.303 e. The van der Waals surface area contributed by atoms with Crippen LogP contribution in [0.2, 0.25) is 5.02 Å². The Labute approximate surface area is 109 Å². The third-order valence-corrected chi connectivity index (χ3v) is 4.65. The van der Waals surface area contributed by atoms with Gasteiger partial charge in [-0.3, -0.25) is 0 Å². The van der Waals surface area contributed by atoms with Gasteiger partial charge in [-0.15, -0.1) is 0 Å². The third-order valence-electron chi connectivity index (χ3n) is 3.71. The molecule has 0 spiro atoms. The molecule has 86 valence electrons. The van der Waals surface area contributed by atoms with E-state index >= 15 is 0 Å². The highest BCUT2D eigenvalue weighted by molar-refractivity contribution is 9.09. The molecule has 0 saturated heterocycles. The van der Waals surface area contributed by atoms with E-state index in [0.717, 1.165) is 29.5 Å². The summed E-state index contributed by atoms with van der Waals surface area (Å²) in [6.45, 7) is 0. The van der Waals surface area contributed by atoms with Crippen LogP contribution in [0.25, 0.3) is 0 Å². The lowest BCUT2D eigenvalue weighted by molar-refractivity contribution is -0.113. The first-order valence-corrected chi connectivity index (χ1v) is 7.00. The van der Waals surface area contributed by atoms with Crippen LogP contribution in [-0.2, 0) is 10.2 Å². The van der Waals surface area contributed by atoms with Crippen molar-refractivity contribution in [3.63, 3.8) is 0 Å². The van der Waals surface area contributed by atoms with E-state index in [4.69, 9.17) is 11.6 Å². The lowest BCUT2D eigenvalue weighted by atomic mass is 9.58. The molecule has 1 atom stereocenters. The Morgan fingerprint density at radius 1 is 1.38 bits per heavy atom. The van der Waals surface area contributed by atoms with Gasteiger partial charge >= 0.3 is 0 Å². The van der Waals surface area contributed by atoms with Crippen molar-refractivity contribution in [1.82, 2.24) is 0 Å². The molecule has 0 bridgehead atoms. The summed E-state index contributed by atoms with van der Waals surface area (Å²) in [5.74, 6) is 0.0717. The SMILES string of the molecule is O=CC(CBr)C1(c2ccc(Cl)cc2)CCC1. The Kier molecular flexibility index (Phi) is 3.70.